The Morgan fingerprint density at radius 1 is 1.00 bits per heavy atom. The van der Waals surface area contributed by atoms with Crippen LogP contribution in [0.5, 0.6) is 0 Å². The van der Waals surface area contributed by atoms with Crippen LogP contribution in [0.15, 0.2) is 102 Å². The van der Waals surface area contributed by atoms with Gasteiger partial charge in [-0.2, -0.15) is 0 Å². The van der Waals surface area contributed by atoms with Gasteiger partial charge in [0.05, 0.1) is 11.6 Å². The topological polar surface area (TPSA) is 60.8 Å². The van der Waals surface area contributed by atoms with E-state index in [-0.39, 0.29) is 23.5 Å². The fraction of sp³-hybridized carbons (Fsp3) is 0.269. The zero-order valence-electron chi connectivity index (χ0n) is 16.7. The number of carbonyl (C=O) groups excluding carboxylic acids is 1. The van der Waals surface area contributed by atoms with Gasteiger partial charge in [-0.25, -0.2) is 0 Å². The summed E-state index contributed by atoms with van der Waals surface area (Å²) in [6.07, 6.45) is 19.0. The van der Waals surface area contributed by atoms with Gasteiger partial charge in [-0.3, -0.25) is 9.69 Å². The summed E-state index contributed by atoms with van der Waals surface area (Å²) < 4.78 is 0. The minimum absolute atomic E-state index is 0.00824. The Bertz CT molecular complexity index is 1040. The van der Waals surface area contributed by atoms with Crippen LogP contribution in [0.1, 0.15) is 19.3 Å². The summed E-state index contributed by atoms with van der Waals surface area (Å²) in [6, 6.07) is 9.84. The summed E-state index contributed by atoms with van der Waals surface area (Å²) in [5.41, 5.74) is 2.12. The van der Waals surface area contributed by atoms with Crippen molar-refractivity contribution in [2.75, 3.05) is 4.90 Å². The normalized spacial score (nSPS) is 32.6. The molecule has 5 rings (SSSR count). The van der Waals surface area contributed by atoms with Crippen molar-refractivity contribution in [1.29, 1.82) is 0 Å². The Morgan fingerprint density at radius 3 is 2.53 bits per heavy atom. The Balaban J connectivity index is 1.76. The zero-order chi connectivity index (χ0) is 20.7. The van der Waals surface area contributed by atoms with Crippen molar-refractivity contribution in [3.63, 3.8) is 0 Å². The van der Waals surface area contributed by atoms with Gasteiger partial charge in [-0.15, -0.1) is 0 Å². The molecule has 4 nitrogen and oxygen atoms in total. The van der Waals surface area contributed by atoms with E-state index in [0.29, 0.717) is 12.8 Å². The molecule has 1 aromatic rings. The third-order valence-corrected chi connectivity index (χ3v) is 6.71. The molecule has 1 heterocycles. The van der Waals surface area contributed by atoms with E-state index in [0.717, 1.165) is 23.3 Å². The van der Waals surface area contributed by atoms with Crippen LogP contribution in [0.25, 0.3) is 0 Å². The molecular weight excluding hydrogens is 374 g/mol. The van der Waals surface area contributed by atoms with Crippen molar-refractivity contribution >= 4 is 11.6 Å². The lowest BCUT2D eigenvalue weighted by molar-refractivity contribution is -0.114. The number of amides is 1. The van der Waals surface area contributed by atoms with Gasteiger partial charge in [0.25, 0.3) is 5.91 Å². The molecule has 4 aliphatic rings. The lowest BCUT2D eigenvalue weighted by atomic mass is 9.64. The summed E-state index contributed by atoms with van der Waals surface area (Å²) >= 11 is 0. The van der Waals surface area contributed by atoms with E-state index in [1.165, 1.54) is 0 Å². The van der Waals surface area contributed by atoms with Gasteiger partial charge in [0.15, 0.2) is 0 Å². The molecule has 0 bridgehead atoms. The first-order valence-corrected chi connectivity index (χ1v) is 10.5. The SMILES string of the molecule is O=C1C2=CC=CCC2C(C2=CCC(O)C=C2)(C2C=CC(O)=CC2)N1c1ccccc1. The highest BCUT2D eigenvalue weighted by molar-refractivity contribution is 6.12. The molecule has 4 heteroatoms. The molecule has 1 aromatic carbocycles. The number of anilines is 1. The third kappa shape index (κ3) is 2.75. The molecule has 0 spiro atoms. The Hall–Kier alpha value is -3.11. The first-order valence-electron chi connectivity index (χ1n) is 10.5. The van der Waals surface area contributed by atoms with Gasteiger partial charge < -0.3 is 10.2 Å². The number of para-hydroxylation sites is 1. The molecule has 4 unspecified atom stereocenters. The number of rotatable bonds is 3. The van der Waals surface area contributed by atoms with Crippen molar-refractivity contribution < 1.29 is 15.0 Å². The second-order valence-electron chi connectivity index (χ2n) is 8.29. The fourth-order valence-corrected chi connectivity index (χ4v) is 5.44. The molecule has 1 amide bonds. The van der Waals surface area contributed by atoms with Gasteiger partial charge in [0.2, 0.25) is 0 Å². The maximum absolute atomic E-state index is 13.8. The number of allylic oxidation sites excluding steroid dienone is 5. The van der Waals surface area contributed by atoms with Gasteiger partial charge >= 0.3 is 0 Å². The van der Waals surface area contributed by atoms with Crippen molar-refractivity contribution in [2.24, 2.45) is 11.8 Å². The van der Waals surface area contributed by atoms with E-state index in [4.69, 9.17) is 0 Å². The van der Waals surface area contributed by atoms with Crippen LogP contribution in [0, 0.1) is 11.8 Å². The first kappa shape index (κ1) is 18.9. The lowest BCUT2D eigenvalue weighted by Crippen LogP contribution is -2.56. The van der Waals surface area contributed by atoms with Gasteiger partial charge in [-0.1, -0.05) is 60.7 Å². The Kier molecular flexibility index (Phi) is 4.59. The number of carbonyl (C=O) groups is 1. The molecule has 1 saturated heterocycles. The summed E-state index contributed by atoms with van der Waals surface area (Å²) in [6.45, 7) is 0. The molecule has 0 aromatic heterocycles. The molecule has 0 radical (unpaired) electrons. The minimum atomic E-state index is -0.626. The van der Waals surface area contributed by atoms with Crippen molar-refractivity contribution in [3.8, 4) is 0 Å². The maximum atomic E-state index is 13.8. The number of hydrogen-bond acceptors (Lipinski definition) is 3. The highest BCUT2D eigenvalue weighted by Gasteiger charge is 2.60. The number of fused-ring (bicyclic) bond motifs is 1. The van der Waals surface area contributed by atoms with Crippen molar-refractivity contribution in [1.82, 2.24) is 0 Å². The number of aliphatic hydroxyl groups is 2. The lowest BCUT2D eigenvalue weighted by Gasteiger charge is -2.49. The zero-order valence-corrected chi connectivity index (χ0v) is 16.7. The van der Waals surface area contributed by atoms with Crippen molar-refractivity contribution in [3.05, 3.63) is 102 Å². The van der Waals surface area contributed by atoms with Crippen LogP contribution >= 0.6 is 0 Å². The summed E-state index contributed by atoms with van der Waals surface area (Å²) in [4.78, 5) is 15.8. The monoisotopic (exact) mass is 399 g/mol. The second kappa shape index (κ2) is 7.29. The molecule has 30 heavy (non-hydrogen) atoms. The molecule has 152 valence electrons. The Morgan fingerprint density at radius 2 is 1.83 bits per heavy atom. The van der Waals surface area contributed by atoms with E-state index in [1.807, 2.05) is 71.7 Å². The largest absolute Gasteiger partial charge is 0.508 e. The van der Waals surface area contributed by atoms with E-state index in [1.54, 1.807) is 6.08 Å². The van der Waals surface area contributed by atoms with Crippen molar-refractivity contribution in [2.45, 2.75) is 30.9 Å². The highest BCUT2D eigenvalue weighted by Crippen LogP contribution is 2.55. The highest BCUT2D eigenvalue weighted by atomic mass is 16.3. The molecule has 3 aliphatic carbocycles. The van der Waals surface area contributed by atoms with Crippen LogP contribution < -0.4 is 4.90 Å². The second-order valence-corrected chi connectivity index (χ2v) is 8.29. The quantitative estimate of drug-likeness (QED) is 0.784. The molecule has 1 aliphatic heterocycles. The van der Waals surface area contributed by atoms with Gasteiger partial charge in [-0.05, 0) is 49.1 Å². The van der Waals surface area contributed by atoms with E-state index < -0.39 is 11.6 Å². The van der Waals surface area contributed by atoms with Crippen LogP contribution in [0.4, 0.5) is 5.69 Å². The number of benzene rings is 1. The van der Waals surface area contributed by atoms with Crippen LogP contribution in [-0.4, -0.2) is 27.8 Å². The van der Waals surface area contributed by atoms with Gasteiger partial charge in [0, 0.05) is 23.1 Å². The summed E-state index contributed by atoms with van der Waals surface area (Å²) in [5, 5.41) is 20.1. The molecule has 0 saturated carbocycles. The van der Waals surface area contributed by atoms with Crippen LogP contribution in [0.3, 0.4) is 0 Å². The summed E-state index contributed by atoms with van der Waals surface area (Å²) in [7, 11) is 0. The average Bonchev–Trinajstić information content (AvgIpc) is 3.05. The first-order chi connectivity index (χ1) is 14.6. The standard InChI is InChI=1S/C26H25NO3/c28-21-14-10-18(11-15-21)26(19-12-16-22(29)17-13-19)24-9-5-4-8-23(24)25(30)27(26)20-6-2-1-3-7-20/h1-8,10-12,14,16-17,19,21,24,28-29H,9,13,15H2. The number of aliphatic hydroxyl groups excluding tert-OH is 2. The third-order valence-electron chi connectivity index (χ3n) is 6.71. The molecule has 2 N–H and O–H groups in total. The van der Waals surface area contributed by atoms with E-state index in [9.17, 15) is 15.0 Å². The fourth-order valence-electron chi connectivity index (χ4n) is 5.44. The molecule has 1 fully saturated rings. The van der Waals surface area contributed by atoms with E-state index in [2.05, 4.69) is 12.2 Å². The van der Waals surface area contributed by atoms with Crippen LogP contribution in [-0.2, 0) is 4.79 Å². The average molecular weight is 399 g/mol. The Labute approximate surface area is 176 Å². The predicted octanol–water partition coefficient (Wildman–Crippen LogP) is 4.54. The molecular formula is C26H25NO3. The number of nitrogens with zero attached hydrogens (tertiary/aromatic N) is 1. The van der Waals surface area contributed by atoms with Crippen LogP contribution in [0.2, 0.25) is 0 Å². The predicted molar refractivity (Wildman–Crippen MR) is 118 cm³/mol. The minimum Gasteiger partial charge on any atom is -0.508 e. The maximum Gasteiger partial charge on any atom is 0.255 e. The summed E-state index contributed by atoms with van der Waals surface area (Å²) in [5.74, 6) is 0.277. The molecule has 4 atom stereocenters. The smallest absolute Gasteiger partial charge is 0.255 e. The van der Waals surface area contributed by atoms with E-state index >= 15 is 0 Å². The van der Waals surface area contributed by atoms with Gasteiger partial charge in [0.1, 0.15) is 5.76 Å². The number of hydrogen-bond donors (Lipinski definition) is 2.